The second-order valence-electron chi connectivity index (χ2n) is 10.8. The number of rotatable bonds is 6. The maximum absolute atomic E-state index is 13.9. The minimum atomic E-state index is -4.67. The Morgan fingerprint density at radius 2 is 1.69 bits per heavy atom. The Morgan fingerprint density at radius 1 is 1.08 bits per heavy atom. The Hall–Kier alpha value is -4.13. The Bertz CT molecular complexity index is 1350. The lowest BCUT2D eigenvalue weighted by atomic mass is 9.87. The summed E-state index contributed by atoms with van der Waals surface area (Å²) in [6, 6.07) is 10.1. The summed E-state index contributed by atoms with van der Waals surface area (Å²) in [6.07, 6.45) is -4.75. The van der Waals surface area contributed by atoms with Crippen molar-refractivity contribution in [1.82, 2.24) is 5.06 Å². The van der Waals surface area contributed by atoms with Crippen molar-refractivity contribution in [2.24, 2.45) is 11.3 Å². The van der Waals surface area contributed by atoms with Crippen LogP contribution in [-0.2, 0) is 20.6 Å². The van der Waals surface area contributed by atoms with Gasteiger partial charge in [-0.2, -0.15) is 18.4 Å². The number of anilines is 1. The lowest BCUT2D eigenvalue weighted by Gasteiger charge is -2.42. The number of carbonyl (C=O) groups excluding carboxylic acids is 3. The Labute approximate surface area is 225 Å². The van der Waals surface area contributed by atoms with Crippen LogP contribution in [0.15, 0.2) is 59.8 Å². The highest BCUT2D eigenvalue weighted by Crippen LogP contribution is 2.42. The van der Waals surface area contributed by atoms with Crippen LogP contribution in [0.3, 0.4) is 0 Å². The highest BCUT2D eigenvalue weighted by Gasteiger charge is 2.45. The maximum atomic E-state index is 13.9. The first-order valence-electron chi connectivity index (χ1n) is 12.3. The Balaban J connectivity index is 2.29. The molecule has 2 amide bonds. The number of carbonyl (C=O) groups is 3. The van der Waals surface area contributed by atoms with E-state index >= 15 is 0 Å². The molecule has 1 atom stereocenters. The molecular weight excluding hydrogens is 511 g/mol. The third-order valence-electron chi connectivity index (χ3n) is 6.06. The topological polar surface area (TPSA) is 90.7 Å². The number of Topliss-reactive ketones (excluding diaryl/α,β-unsaturated/α-hetero) is 1. The van der Waals surface area contributed by atoms with Crippen molar-refractivity contribution in [3.05, 3.63) is 76.5 Å². The summed E-state index contributed by atoms with van der Waals surface area (Å²) in [5, 5.41) is 9.97. The molecular formula is C29H30F3N3O4. The van der Waals surface area contributed by atoms with Gasteiger partial charge in [0.15, 0.2) is 5.78 Å². The molecule has 0 fully saturated rings. The van der Waals surface area contributed by atoms with E-state index in [9.17, 15) is 32.8 Å². The van der Waals surface area contributed by atoms with E-state index in [2.05, 4.69) is 0 Å². The van der Waals surface area contributed by atoms with Crippen LogP contribution in [0.4, 0.5) is 23.7 Å². The molecule has 0 saturated heterocycles. The van der Waals surface area contributed by atoms with E-state index in [-0.39, 0.29) is 29.2 Å². The molecule has 0 aliphatic carbocycles. The van der Waals surface area contributed by atoms with Gasteiger partial charge in [-0.05, 0) is 48.2 Å². The largest absolute Gasteiger partial charge is 0.416 e. The second kappa shape index (κ2) is 10.9. The number of benzene rings is 2. The SMILES string of the molecule is CC1=C(C(=O)C(C)C)C(c2ccc(C#N)cc2)N(OC(=O)CC(C)(C)C)C(=O)N1c1cccc(C(F)(F)F)c1. The fraction of sp³-hybridized carbons (Fsp3) is 0.379. The molecule has 1 unspecified atom stereocenters. The van der Waals surface area contributed by atoms with Gasteiger partial charge in [0.25, 0.3) is 0 Å². The Morgan fingerprint density at radius 3 is 2.21 bits per heavy atom. The summed E-state index contributed by atoms with van der Waals surface area (Å²) in [5.74, 6) is -1.70. The van der Waals surface area contributed by atoms with E-state index in [0.29, 0.717) is 11.1 Å². The van der Waals surface area contributed by atoms with Crippen molar-refractivity contribution in [2.45, 2.75) is 60.2 Å². The van der Waals surface area contributed by atoms with E-state index in [1.165, 1.54) is 25.1 Å². The summed E-state index contributed by atoms with van der Waals surface area (Å²) < 4.78 is 40.6. The van der Waals surface area contributed by atoms with E-state index < -0.39 is 41.1 Å². The minimum absolute atomic E-state index is 0.0728. The van der Waals surface area contributed by atoms with Crippen molar-refractivity contribution < 1.29 is 32.4 Å². The molecule has 2 aromatic rings. The molecule has 10 heteroatoms. The van der Waals surface area contributed by atoms with Gasteiger partial charge in [0.2, 0.25) is 0 Å². The van der Waals surface area contributed by atoms with Crippen LogP contribution in [-0.4, -0.2) is 22.8 Å². The molecule has 3 rings (SSSR count). The third kappa shape index (κ3) is 6.48. The normalized spacial score (nSPS) is 16.4. The van der Waals surface area contributed by atoms with Gasteiger partial charge >= 0.3 is 18.2 Å². The molecule has 39 heavy (non-hydrogen) atoms. The number of alkyl halides is 3. The zero-order valence-electron chi connectivity index (χ0n) is 22.6. The Kier molecular flexibility index (Phi) is 8.24. The summed E-state index contributed by atoms with van der Waals surface area (Å²) in [6.45, 7) is 10.2. The van der Waals surface area contributed by atoms with Gasteiger partial charge in [-0.25, -0.2) is 9.59 Å². The summed E-state index contributed by atoms with van der Waals surface area (Å²) in [7, 11) is 0. The van der Waals surface area contributed by atoms with Crippen LogP contribution in [0, 0.1) is 22.7 Å². The minimum Gasteiger partial charge on any atom is -0.336 e. The number of urea groups is 1. The van der Waals surface area contributed by atoms with Gasteiger partial charge in [0.1, 0.15) is 6.04 Å². The molecule has 0 bridgehead atoms. The number of amides is 2. The van der Waals surface area contributed by atoms with E-state index in [1.54, 1.807) is 46.8 Å². The zero-order chi connectivity index (χ0) is 29.3. The average molecular weight is 542 g/mol. The highest BCUT2D eigenvalue weighted by molar-refractivity contribution is 6.06. The smallest absolute Gasteiger partial charge is 0.336 e. The van der Waals surface area contributed by atoms with Crippen LogP contribution in [0.5, 0.6) is 0 Å². The third-order valence-corrected chi connectivity index (χ3v) is 6.06. The fourth-order valence-corrected chi connectivity index (χ4v) is 4.25. The molecule has 0 aromatic heterocycles. The predicted octanol–water partition coefficient (Wildman–Crippen LogP) is 6.95. The van der Waals surface area contributed by atoms with Crippen molar-refractivity contribution in [3.8, 4) is 6.07 Å². The lowest BCUT2D eigenvalue weighted by Crippen LogP contribution is -2.52. The van der Waals surface area contributed by atoms with Gasteiger partial charge in [-0.3, -0.25) is 9.69 Å². The number of hydrogen-bond acceptors (Lipinski definition) is 5. The van der Waals surface area contributed by atoms with E-state index in [4.69, 9.17) is 4.84 Å². The quantitative estimate of drug-likeness (QED) is 0.395. The van der Waals surface area contributed by atoms with Gasteiger partial charge in [0.05, 0.1) is 29.3 Å². The second-order valence-corrected chi connectivity index (χ2v) is 10.8. The molecule has 1 aliphatic rings. The summed E-state index contributed by atoms with van der Waals surface area (Å²) in [5.41, 5.74) is -0.716. The molecule has 0 spiro atoms. The molecule has 206 valence electrons. The van der Waals surface area contributed by atoms with E-state index in [1.807, 2.05) is 6.07 Å². The first-order chi connectivity index (χ1) is 18.0. The van der Waals surface area contributed by atoms with Gasteiger partial charge in [0, 0.05) is 17.2 Å². The monoisotopic (exact) mass is 541 g/mol. The molecule has 0 N–H and O–H groups in total. The van der Waals surface area contributed by atoms with Gasteiger partial charge in [-0.1, -0.05) is 52.8 Å². The van der Waals surface area contributed by atoms with E-state index in [0.717, 1.165) is 28.2 Å². The molecule has 0 radical (unpaired) electrons. The van der Waals surface area contributed by atoms with Crippen LogP contribution in [0.1, 0.15) is 70.7 Å². The maximum Gasteiger partial charge on any atom is 0.416 e. The molecule has 1 heterocycles. The van der Waals surface area contributed by atoms with Crippen molar-refractivity contribution in [2.75, 3.05) is 4.90 Å². The van der Waals surface area contributed by atoms with Crippen LogP contribution < -0.4 is 4.90 Å². The van der Waals surface area contributed by atoms with Crippen LogP contribution >= 0.6 is 0 Å². The fourth-order valence-electron chi connectivity index (χ4n) is 4.25. The van der Waals surface area contributed by atoms with Crippen molar-refractivity contribution >= 4 is 23.5 Å². The van der Waals surface area contributed by atoms with Crippen molar-refractivity contribution in [3.63, 3.8) is 0 Å². The van der Waals surface area contributed by atoms with Crippen LogP contribution in [0.25, 0.3) is 0 Å². The number of nitrogens with zero attached hydrogens (tertiary/aromatic N) is 3. The number of hydroxylamine groups is 2. The first-order valence-corrected chi connectivity index (χ1v) is 12.3. The number of nitriles is 1. The van der Waals surface area contributed by atoms with Crippen molar-refractivity contribution in [1.29, 1.82) is 5.26 Å². The molecule has 0 saturated carbocycles. The summed E-state index contributed by atoms with van der Waals surface area (Å²) in [4.78, 5) is 47.0. The molecule has 1 aliphatic heterocycles. The number of allylic oxidation sites excluding steroid dienone is 1. The number of halogens is 3. The lowest BCUT2D eigenvalue weighted by molar-refractivity contribution is -0.185. The highest BCUT2D eigenvalue weighted by atomic mass is 19.4. The number of ketones is 1. The summed E-state index contributed by atoms with van der Waals surface area (Å²) >= 11 is 0. The average Bonchev–Trinajstić information content (AvgIpc) is 2.83. The zero-order valence-corrected chi connectivity index (χ0v) is 22.6. The number of hydrogen-bond donors (Lipinski definition) is 0. The first kappa shape index (κ1) is 29.4. The molecule has 7 nitrogen and oxygen atoms in total. The standard InChI is InChI=1S/C29H30F3N3O4/c1-17(2)26(37)24-18(3)34(22-9-7-8-21(14-22)29(30,31)32)27(38)35(39-23(36)15-28(4,5)6)25(24)20-12-10-19(16-33)11-13-20/h7-14,17,25H,15H2,1-6H3. The van der Waals surface area contributed by atoms with Gasteiger partial charge < -0.3 is 4.84 Å². The molecule has 2 aromatic carbocycles. The van der Waals surface area contributed by atoms with Crippen LogP contribution in [0.2, 0.25) is 0 Å². The van der Waals surface area contributed by atoms with Gasteiger partial charge in [-0.15, -0.1) is 5.06 Å². The predicted molar refractivity (Wildman–Crippen MR) is 138 cm³/mol.